The molecule has 0 atom stereocenters. The van der Waals surface area contributed by atoms with Crippen molar-refractivity contribution >= 4 is 36.0 Å². The summed E-state index contributed by atoms with van der Waals surface area (Å²) in [6.45, 7) is 20.2. The van der Waals surface area contributed by atoms with Crippen molar-refractivity contribution in [3.63, 3.8) is 0 Å². The second-order valence-corrected chi connectivity index (χ2v) is 8.49. The lowest BCUT2D eigenvalue weighted by molar-refractivity contribution is -0.131. The summed E-state index contributed by atoms with van der Waals surface area (Å²) in [5.41, 5.74) is 1.72. The van der Waals surface area contributed by atoms with E-state index < -0.39 is 23.9 Å². The first-order valence-corrected chi connectivity index (χ1v) is 11.2. The third kappa shape index (κ3) is 8.91. The van der Waals surface area contributed by atoms with Gasteiger partial charge in [0.1, 0.15) is 23.0 Å². The number of carbonyl (C=O) groups excluding carboxylic acids is 4. The molecule has 0 spiro atoms. The van der Waals surface area contributed by atoms with E-state index in [4.69, 9.17) is 18.9 Å². The molecular weight excluding hydrogens is 488 g/mol. The van der Waals surface area contributed by atoms with Gasteiger partial charge >= 0.3 is 23.9 Å². The van der Waals surface area contributed by atoms with Crippen LogP contribution >= 0.6 is 0 Å². The number of hydrogen-bond donors (Lipinski definition) is 0. The Kier molecular flexibility index (Phi) is 9.87. The molecule has 0 aliphatic heterocycles. The molecule has 2 rings (SSSR count). The summed E-state index contributed by atoms with van der Waals surface area (Å²) in [7, 11) is 0. The van der Waals surface area contributed by atoms with Gasteiger partial charge in [-0.15, -0.1) is 0 Å². The van der Waals surface area contributed by atoms with E-state index in [1.807, 2.05) is 0 Å². The van der Waals surface area contributed by atoms with Crippen LogP contribution in [0.15, 0.2) is 85.0 Å². The molecule has 2 aromatic carbocycles. The fourth-order valence-electron chi connectivity index (χ4n) is 2.58. The smallest absolute Gasteiger partial charge is 0.338 e. The first-order valence-electron chi connectivity index (χ1n) is 11.2. The van der Waals surface area contributed by atoms with Gasteiger partial charge in [0.2, 0.25) is 0 Å². The summed E-state index contributed by atoms with van der Waals surface area (Å²) >= 11 is 0. The van der Waals surface area contributed by atoms with E-state index in [0.717, 1.165) is 0 Å². The molecule has 196 valence electrons. The van der Waals surface area contributed by atoms with E-state index in [2.05, 4.69) is 26.3 Å². The summed E-state index contributed by atoms with van der Waals surface area (Å²) in [6, 6.07) is 8.94. The van der Waals surface area contributed by atoms with Crippen LogP contribution in [0.3, 0.4) is 0 Å². The highest BCUT2D eigenvalue weighted by Crippen LogP contribution is 2.28. The third-order valence-corrected chi connectivity index (χ3v) is 4.51. The Balaban J connectivity index is 2.50. The van der Waals surface area contributed by atoms with Crippen LogP contribution in [0.4, 0.5) is 0 Å². The average molecular weight is 517 g/mol. The van der Waals surface area contributed by atoms with Crippen LogP contribution in [0.5, 0.6) is 23.0 Å². The van der Waals surface area contributed by atoms with E-state index in [1.54, 1.807) is 36.4 Å². The molecule has 8 nitrogen and oxygen atoms in total. The van der Waals surface area contributed by atoms with Crippen LogP contribution in [0.1, 0.15) is 38.8 Å². The van der Waals surface area contributed by atoms with Gasteiger partial charge in [0.15, 0.2) is 0 Å². The molecule has 8 heteroatoms. The first kappa shape index (κ1) is 29.3. The highest BCUT2D eigenvalue weighted by Gasteiger charge is 2.13. The zero-order valence-corrected chi connectivity index (χ0v) is 21.7. The van der Waals surface area contributed by atoms with Crippen LogP contribution in [0.25, 0.3) is 12.2 Å². The molecule has 2 aromatic rings. The van der Waals surface area contributed by atoms with Crippen molar-refractivity contribution in [1.29, 1.82) is 0 Å². The summed E-state index contributed by atoms with van der Waals surface area (Å²) in [5.74, 6) is -2.15. The van der Waals surface area contributed by atoms with Gasteiger partial charge in [-0.3, -0.25) is 0 Å². The predicted molar refractivity (Wildman–Crippen MR) is 144 cm³/mol. The maximum atomic E-state index is 12.0. The normalized spacial score (nSPS) is 10.3. The Hall–Kier alpha value is -4.98. The van der Waals surface area contributed by atoms with Gasteiger partial charge in [-0.25, -0.2) is 19.2 Å². The summed E-state index contributed by atoms with van der Waals surface area (Å²) < 4.78 is 21.2. The van der Waals surface area contributed by atoms with Gasteiger partial charge in [-0.1, -0.05) is 38.5 Å². The van der Waals surface area contributed by atoms with Crippen molar-refractivity contribution in [3.8, 4) is 23.0 Å². The van der Waals surface area contributed by atoms with Crippen molar-refractivity contribution in [1.82, 2.24) is 0 Å². The lowest BCUT2D eigenvalue weighted by Crippen LogP contribution is -2.10. The molecule has 0 unspecified atom stereocenters. The maximum Gasteiger partial charge on any atom is 0.338 e. The standard InChI is InChI=1S/C30H28O8/c1-17(2)27(31)35-23-11-21(12-24(15-23)36-28(32)18(3)4)9-10-22-13-25(37-29(33)19(5)6)16-26(14-22)38-30(34)20(7)8/h9-16H,1,3,5,7H2,2,4,6,8H3/b10-9+. The second-order valence-electron chi connectivity index (χ2n) is 8.49. The number of hydrogen-bond acceptors (Lipinski definition) is 8. The fraction of sp³-hybridized carbons (Fsp3) is 0.133. The number of rotatable bonds is 10. The van der Waals surface area contributed by atoms with Gasteiger partial charge in [0.25, 0.3) is 0 Å². The predicted octanol–water partition coefficient (Wildman–Crippen LogP) is 5.78. The SMILES string of the molecule is C=C(C)C(=O)Oc1cc(/C=C/c2cc(OC(=O)C(=C)C)cc(OC(=O)C(=C)C)c2)cc(OC(=O)C(=C)C)c1. The average Bonchev–Trinajstić information content (AvgIpc) is 2.82. The number of carbonyl (C=O) groups is 4. The van der Waals surface area contributed by atoms with Crippen molar-refractivity contribution in [3.05, 3.63) is 96.1 Å². The molecule has 0 fully saturated rings. The Morgan fingerprint density at radius 1 is 0.474 bits per heavy atom. The quantitative estimate of drug-likeness (QED) is 0.169. The molecule has 38 heavy (non-hydrogen) atoms. The minimum Gasteiger partial charge on any atom is -0.423 e. The molecule has 0 N–H and O–H groups in total. The van der Waals surface area contributed by atoms with Crippen LogP contribution in [0, 0.1) is 0 Å². The molecule has 0 bridgehead atoms. The molecule has 0 amide bonds. The molecule has 0 aromatic heterocycles. The van der Waals surface area contributed by atoms with E-state index in [0.29, 0.717) is 11.1 Å². The van der Waals surface area contributed by atoms with Gasteiger partial charge < -0.3 is 18.9 Å². The van der Waals surface area contributed by atoms with Crippen molar-refractivity contribution in [2.75, 3.05) is 0 Å². The largest absolute Gasteiger partial charge is 0.423 e. The van der Waals surface area contributed by atoms with E-state index in [-0.39, 0.29) is 45.3 Å². The zero-order chi connectivity index (χ0) is 28.6. The molecule has 0 radical (unpaired) electrons. The highest BCUT2D eigenvalue weighted by molar-refractivity contribution is 5.91. The first-order chi connectivity index (χ1) is 17.7. The van der Waals surface area contributed by atoms with E-state index in [9.17, 15) is 19.2 Å². The summed E-state index contributed by atoms with van der Waals surface area (Å²) in [4.78, 5) is 48.1. The van der Waals surface area contributed by atoms with E-state index in [1.165, 1.54) is 39.8 Å². The molecule has 0 aliphatic carbocycles. The fourth-order valence-corrected chi connectivity index (χ4v) is 2.58. The molecule has 0 aliphatic rings. The topological polar surface area (TPSA) is 105 Å². The number of esters is 4. The van der Waals surface area contributed by atoms with Crippen molar-refractivity contribution in [2.45, 2.75) is 27.7 Å². The third-order valence-electron chi connectivity index (χ3n) is 4.51. The monoisotopic (exact) mass is 516 g/mol. The zero-order valence-electron chi connectivity index (χ0n) is 21.7. The van der Waals surface area contributed by atoms with Gasteiger partial charge in [-0.05, 0) is 63.1 Å². The van der Waals surface area contributed by atoms with Gasteiger partial charge in [0.05, 0.1) is 0 Å². The number of benzene rings is 2. The lowest BCUT2D eigenvalue weighted by Gasteiger charge is -2.10. The summed E-state index contributed by atoms with van der Waals surface area (Å²) in [5, 5.41) is 0. The highest BCUT2D eigenvalue weighted by atomic mass is 16.6. The number of ether oxygens (including phenoxy) is 4. The van der Waals surface area contributed by atoms with Crippen molar-refractivity contribution in [2.24, 2.45) is 0 Å². The summed E-state index contributed by atoms with van der Waals surface area (Å²) in [6.07, 6.45) is 3.25. The van der Waals surface area contributed by atoms with Crippen LogP contribution < -0.4 is 18.9 Å². The van der Waals surface area contributed by atoms with E-state index >= 15 is 0 Å². The Labute approximate surface area is 221 Å². The Bertz CT molecular complexity index is 1190. The minimum atomic E-state index is -0.653. The molecule has 0 saturated heterocycles. The van der Waals surface area contributed by atoms with Crippen LogP contribution in [-0.2, 0) is 19.2 Å². The second kappa shape index (κ2) is 12.8. The Morgan fingerprint density at radius 3 is 0.868 bits per heavy atom. The maximum absolute atomic E-state index is 12.0. The minimum absolute atomic E-state index is 0.116. The van der Waals surface area contributed by atoms with Gasteiger partial charge in [0, 0.05) is 34.4 Å². The van der Waals surface area contributed by atoms with Crippen molar-refractivity contribution < 1.29 is 38.1 Å². The van der Waals surface area contributed by atoms with Gasteiger partial charge in [-0.2, -0.15) is 0 Å². The van der Waals surface area contributed by atoms with Crippen LogP contribution in [-0.4, -0.2) is 23.9 Å². The lowest BCUT2D eigenvalue weighted by atomic mass is 10.1. The van der Waals surface area contributed by atoms with Crippen LogP contribution in [0.2, 0.25) is 0 Å². The molecular formula is C30H28O8. The Morgan fingerprint density at radius 2 is 0.684 bits per heavy atom. The molecule has 0 heterocycles. The molecule has 0 saturated carbocycles.